The minimum absolute atomic E-state index is 0.0872. The average molecular weight is 263 g/mol. The Morgan fingerprint density at radius 1 is 1.47 bits per heavy atom. The third-order valence-electron chi connectivity index (χ3n) is 3.65. The predicted molar refractivity (Wildman–Crippen MR) is 67.1 cm³/mol. The third kappa shape index (κ3) is 2.46. The number of hydrogen-bond donors (Lipinski definition) is 4. The number of nitrogens with one attached hydrogen (secondary N) is 4. The molecule has 7 heteroatoms. The lowest BCUT2D eigenvalue weighted by molar-refractivity contribution is -0.131. The maximum Gasteiger partial charge on any atom is 0.242 e. The smallest absolute Gasteiger partial charge is 0.242 e. The van der Waals surface area contributed by atoms with Gasteiger partial charge < -0.3 is 15.6 Å². The number of imidazole rings is 1. The Hall–Kier alpha value is -1.89. The Bertz CT molecular complexity index is 498. The van der Waals surface area contributed by atoms with Crippen LogP contribution in [0.2, 0.25) is 0 Å². The van der Waals surface area contributed by atoms with Gasteiger partial charge in [-0.25, -0.2) is 4.98 Å². The van der Waals surface area contributed by atoms with Gasteiger partial charge in [-0.2, -0.15) is 0 Å². The van der Waals surface area contributed by atoms with Crippen LogP contribution in [0.4, 0.5) is 0 Å². The van der Waals surface area contributed by atoms with E-state index in [0.717, 1.165) is 17.8 Å². The minimum atomic E-state index is -0.399. The molecule has 2 aliphatic rings. The number of carbonyl (C=O) groups excluding carboxylic acids is 2. The number of nitrogens with zero attached hydrogens (tertiary/aromatic N) is 1. The van der Waals surface area contributed by atoms with Gasteiger partial charge in [-0.1, -0.05) is 0 Å². The number of aromatic nitrogens is 2. The van der Waals surface area contributed by atoms with E-state index in [-0.39, 0.29) is 17.9 Å². The summed E-state index contributed by atoms with van der Waals surface area (Å²) < 4.78 is 0. The zero-order valence-electron chi connectivity index (χ0n) is 10.5. The second-order valence-corrected chi connectivity index (χ2v) is 4.96. The van der Waals surface area contributed by atoms with Gasteiger partial charge in [0, 0.05) is 19.5 Å². The molecule has 2 atom stereocenters. The van der Waals surface area contributed by atoms with E-state index in [1.54, 1.807) is 6.33 Å². The van der Waals surface area contributed by atoms with Crippen molar-refractivity contribution >= 4 is 11.8 Å². The quantitative estimate of drug-likeness (QED) is 0.539. The van der Waals surface area contributed by atoms with Gasteiger partial charge in [0.2, 0.25) is 11.8 Å². The molecule has 1 aromatic heterocycles. The van der Waals surface area contributed by atoms with Crippen LogP contribution < -0.4 is 16.0 Å². The normalized spacial score (nSPS) is 26.4. The first kappa shape index (κ1) is 12.2. The fraction of sp³-hybridized carbons (Fsp3) is 0.583. The molecule has 0 bridgehead atoms. The van der Waals surface area contributed by atoms with Gasteiger partial charge in [0.05, 0.1) is 23.8 Å². The Morgan fingerprint density at radius 3 is 3.21 bits per heavy atom. The molecule has 2 unspecified atom stereocenters. The molecule has 2 amide bonds. The van der Waals surface area contributed by atoms with Gasteiger partial charge in [0.15, 0.2) is 0 Å². The van der Waals surface area contributed by atoms with Crippen LogP contribution >= 0.6 is 0 Å². The Labute approximate surface area is 110 Å². The van der Waals surface area contributed by atoms with Crippen LogP contribution in [0.1, 0.15) is 24.2 Å². The molecular weight excluding hydrogens is 246 g/mol. The van der Waals surface area contributed by atoms with Gasteiger partial charge in [-0.3, -0.25) is 14.9 Å². The molecule has 0 spiro atoms. The topological polar surface area (TPSA) is 98.9 Å². The Balaban J connectivity index is 1.61. The van der Waals surface area contributed by atoms with E-state index in [1.807, 2.05) is 0 Å². The van der Waals surface area contributed by atoms with Gasteiger partial charge in [0.25, 0.3) is 0 Å². The summed E-state index contributed by atoms with van der Waals surface area (Å²) in [5.41, 5.74) is 1.95. The Morgan fingerprint density at radius 2 is 2.37 bits per heavy atom. The molecule has 2 aliphatic heterocycles. The SMILES string of the molecule is O=C(NC1CCCNC1=O)C1Cc2nc[nH]c2CN1. The van der Waals surface area contributed by atoms with E-state index in [0.29, 0.717) is 25.9 Å². The number of rotatable bonds is 2. The second kappa shape index (κ2) is 5.00. The lowest BCUT2D eigenvalue weighted by Gasteiger charge is -2.27. The van der Waals surface area contributed by atoms with Crippen LogP contribution in [0.25, 0.3) is 0 Å². The maximum absolute atomic E-state index is 12.2. The van der Waals surface area contributed by atoms with Crippen molar-refractivity contribution in [3.63, 3.8) is 0 Å². The van der Waals surface area contributed by atoms with Crippen molar-refractivity contribution in [2.24, 2.45) is 0 Å². The third-order valence-corrected chi connectivity index (χ3v) is 3.65. The fourth-order valence-electron chi connectivity index (χ4n) is 2.54. The summed E-state index contributed by atoms with van der Waals surface area (Å²) >= 11 is 0. The minimum Gasteiger partial charge on any atom is -0.354 e. The molecule has 1 saturated heterocycles. The van der Waals surface area contributed by atoms with E-state index in [1.165, 1.54) is 0 Å². The van der Waals surface area contributed by atoms with Crippen molar-refractivity contribution in [2.75, 3.05) is 6.54 Å². The van der Waals surface area contributed by atoms with Crippen molar-refractivity contribution in [1.82, 2.24) is 25.9 Å². The first-order valence-electron chi connectivity index (χ1n) is 6.56. The van der Waals surface area contributed by atoms with Crippen molar-refractivity contribution < 1.29 is 9.59 Å². The summed E-state index contributed by atoms with van der Waals surface area (Å²) in [6.07, 6.45) is 3.80. The summed E-state index contributed by atoms with van der Waals surface area (Å²) in [6.45, 7) is 1.30. The largest absolute Gasteiger partial charge is 0.354 e. The van der Waals surface area contributed by atoms with E-state index in [2.05, 4.69) is 25.9 Å². The summed E-state index contributed by atoms with van der Waals surface area (Å²) in [4.78, 5) is 31.0. The zero-order chi connectivity index (χ0) is 13.2. The zero-order valence-corrected chi connectivity index (χ0v) is 10.5. The van der Waals surface area contributed by atoms with Crippen LogP contribution in [0.3, 0.4) is 0 Å². The maximum atomic E-state index is 12.2. The highest BCUT2D eigenvalue weighted by molar-refractivity contribution is 5.90. The molecule has 1 aromatic rings. The van der Waals surface area contributed by atoms with Gasteiger partial charge in [0.1, 0.15) is 6.04 Å². The van der Waals surface area contributed by atoms with Gasteiger partial charge in [-0.15, -0.1) is 0 Å². The first-order valence-corrected chi connectivity index (χ1v) is 6.56. The molecule has 7 nitrogen and oxygen atoms in total. The number of fused-ring (bicyclic) bond motifs is 1. The predicted octanol–water partition coefficient (Wildman–Crippen LogP) is -1.18. The number of carbonyl (C=O) groups is 2. The fourth-order valence-corrected chi connectivity index (χ4v) is 2.54. The standard InChI is InChI=1S/C12H17N5O2/c18-11-7(2-1-3-13-11)17-12(19)9-4-8-10(5-14-9)16-6-15-8/h6-7,9,14H,1-5H2,(H,13,18)(H,15,16)(H,17,19). The summed E-state index contributed by atoms with van der Waals surface area (Å²) in [7, 11) is 0. The molecular formula is C12H17N5O2. The highest BCUT2D eigenvalue weighted by Gasteiger charge is 2.30. The van der Waals surface area contributed by atoms with Gasteiger partial charge in [-0.05, 0) is 12.8 Å². The molecule has 0 aromatic carbocycles. The molecule has 0 radical (unpaired) electrons. The van der Waals surface area contributed by atoms with Crippen molar-refractivity contribution in [3.05, 3.63) is 17.7 Å². The molecule has 4 N–H and O–H groups in total. The first-order chi connectivity index (χ1) is 9.24. The molecule has 1 fully saturated rings. The van der Waals surface area contributed by atoms with Crippen molar-refractivity contribution in [3.8, 4) is 0 Å². The van der Waals surface area contributed by atoms with Crippen LogP contribution in [0.5, 0.6) is 0 Å². The summed E-state index contributed by atoms with van der Waals surface area (Å²) in [5.74, 6) is -0.216. The molecule has 19 heavy (non-hydrogen) atoms. The Kier molecular flexibility index (Phi) is 3.20. The molecule has 3 heterocycles. The summed E-state index contributed by atoms with van der Waals surface area (Å²) in [6, 6.07) is -0.714. The van der Waals surface area contributed by atoms with Gasteiger partial charge >= 0.3 is 0 Å². The van der Waals surface area contributed by atoms with Crippen LogP contribution in [-0.2, 0) is 22.6 Å². The number of aromatic amines is 1. The van der Waals surface area contributed by atoms with E-state index in [4.69, 9.17) is 0 Å². The number of H-pyrrole nitrogens is 1. The molecule has 0 aliphatic carbocycles. The van der Waals surface area contributed by atoms with Crippen LogP contribution in [0, 0.1) is 0 Å². The lowest BCUT2D eigenvalue weighted by atomic mass is 10.0. The van der Waals surface area contributed by atoms with E-state index in [9.17, 15) is 9.59 Å². The summed E-state index contributed by atoms with van der Waals surface area (Å²) in [5, 5.41) is 8.72. The molecule has 3 rings (SSSR count). The van der Waals surface area contributed by atoms with Crippen molar-refractivity contribution in [2.45, 2.75) is 37.9 Å². The second-order valence-electron chi connectivity index (χ2n) is 4.96. The highest BCUT2D eigenvalue weighted by atomic mass is 16.2. The van der Waals surface area contributed by atoms with E-state index >= 15 is 0 Å². The highest BCUT2D eigenvalue weighted by Crippen LogP contribution is 2.12. The van der Waals surface area contributed by atoms with Crippen LogP contribution in [-0.4, -0.2) is 40.4 Å². The van der Waals surface area contributed by atoms with Crippen LogP contribution in [0.15, 0.2) is 6.33 Å². The molecule has 0 saturated carbocycles. The average Bonchev–Trinajstić information content (AvgIpc) is 2.88. The van der Waals surface area contributed by atoms with E-state index < -0.39 is 6.04 Å². The number of amides is 2. The number of piperidine rings is 1. The number of hydrogen-bond acceptors (Lipinski definition) is 4. The molecule has 102 valence electrons. The monoisotopic (exact) mass is 263 g/mol. The van der Waals surface area contributed by atoms with Crippen molar-refractivity contribution in [1.29, 1.82) is 0 Å². The lowest BCUT2D eigenvalue weighted by Crippen LogP contribution is -2.55.